The van der Waals surface area contributed by atoms with Crippen LogP contribution in [0.3, 0.4) is 0 Å². The summed E-state index contributed by atoms with van der Waals surface area (Å²) in [6, 6.07) is 19.8. The summed E-state index contributed by atoms with van der Waals surface area (Å²) in [6.07, 6.45) is 0. The van der Waals surface area contributed by atoms with Crippen molar-refractivity contribution in [1.29, 1.82) is 0 Å². The monoisotopic (exact) mass is 260 g/mol. The van der Waals surface area contributed by atoms with Gasteiger partial charge >= 0.3 is 12.1 Å². The van der Waals surface area contributed by atoms with E-state index in [1.165, 1.54) is 0 Å². The summed E-state index contributed by atoms with van der Waals surface area (Å²) >= 11 is 0. The molecule has 94 valence electrons. The Bertz CT molecular complexity index is 806. The molecule has 3 aromatic carbocycles. The van der Waals surface area contributed by atoms with Crippen LogP contribution >= 0.6 is 0 Å². The van der Waals surface area contributed by atoms with Gasteiger partial charge in [0, 0.05) is 31.6 Å². The minimum atomic E-state index is 0.614. The van der Waals surface area contributed by atoms with Gasteiger partial charge in [-0.3, -0.25) is 0 Å². The number of benzene rings is 3. The molecule has 0 bridgehead atoms. The second-order valence-corrected chi connectivity index (χ2v) is 4.25. The van der Waals surface area contributed by atoms with Crippen LogP contribution in [0.2, 0.25) is 0 Å². The summed E-state index contributed by atoms with van der Waals surface area (Å²) in [4.78, 5) is 0. The molecule has 0 aromatic heterocycles. The fraction of sp³-hybridized carbons (Fsp3) is 0. The van der Waals surface area contributed by atoms with Crippen LogP contribution in [-0.2, 0) is 0 Å². The molecule has 0 radical (unpaired) electrons. The van der Waals surface area contributed by atoms with Crippen LogP contribution in [0.5, 0.6) is 0 Å². The zero-order valence-electron chi connectivity index (χ0n) is 10.3. The Morgan fingerprint density at radius 1 is 0.600 bits per heavy atom. The lowest BCUT2D eigenvalue weighted by Crippen LogP contribution is -1.89. The first kappa shape index (κ1) is 11.8. The predicted molar refractivity (Wildman–Crippen MR) is 80.9 cm³/mol. The van der Waals surface area contributed by atoms with Crippen molar-refractivity contribution in [1.82, 2.24) is 0 Å². The lowest BCUT2D eigenvalue weighted by atomic mass is 9.93. The molecular weight excluding hydrogens is 252 g/mol. The van der Waals surface area contributed by atoms with Crippen molar-refractivity contribution in [3.63, 3.8) is 0 Å². The molecular formula is C16H8N2O2. The molecule has 3 rings (SSSR count). The van der Waals surface area contributed by atoms with Crippen LogP contribution in [0.4, 0.5) is 0 Å². The Morgan fingerprint density at radius 2 is 0.900 bits per heavy atom. The highest BCUT2D eigenvalue weighted by Gasteiger charge is 2.16. The second-order valence-electron chi connectivity index (χ2n) is 4.25. The van der Waals surface area contributed by atoms with Crippen LogP contribution in [0.15, 0.2) is 48.5 Å². The van der Waals surface area contributed by atoms with Crippen molar-refractivity contribution in [2.24, 2.45) is 0 Å². The third-order valence-corrected chi connectivity index (χ3v) is 3.25. The van der Waals surface area contributed by atoms with Gasteiger partial charge in [0.05, 0.1) is 0 Å². The highest BCUT2D eigenvalue weighted by molar-refractivity contribution is 6.09. The van der Waals surface area contributed by atoms with E-state index in [9.17, 15) is 10.4 Å². The molecule has 0 aliphatic heterocycles. The van der Waals surface area contributed by atoms with E-state index >= 15 is 0 Å². The minimum absolute atomic E-state index is 0.614. The smallest absolute Gasteiger partial charge is 0.337 e. The lowest BCUT2D eigenvalue weighted by Gasteiger charge is -2.05. The molecule has 3 aromatic rings. The summed E-state index contributed by atoms with van der Waals surface area (Å²) in [7, 11) is 0. The second kappa shape index (κ2) is 4.79. The van der Waals surface area contributed by atoms with Crippen LogP contribution in [0, 0.1) is 22.6 Å². The average Bonchev–Trinajstić information content (AvgIpc) is 2.50. The van der Waals surface area contributed by atoms with Crippen LogP contribution in [0.1, 0.15) is 11.1 Å². The van der Waals surface area contributed by atoms with E-state index in [0.29, 0.717) is 11.1 Å². The van der Waals surface area contributed by atoms with Gasteiger partial charge in [0.15, 0.2) is 0 Å². The summed E-state index contributed by atoms with van der Waals surface area (Å²) in [6.45, 7) is 0. The molecule has 0 fully saturated rings. The third kappa shape index (κ3) is 1.68. The molecule has 0 aliphatic rings. The number of hydrogen-bond acceptors (Lipinski definition) is 2. The SMILES string of the molecule is [O-][N+]#Cc1c2ccccc2c(C#[N+][O-])c2ccccc12. The number of nitrogens with zero attached hydrogens (tertiary/aromatic N) is 2. The van der Waals surface area contributed by atoms with E-state index in [1.807, 2.05) is 48.5 Å². The van der Waals surface area contributed by atoms with E-state index in [2.05, 4.69) is 22.2 Å². The van der Waals surface area contributed by atoms with Gasteiger partial charge in [0.2, 0.25) is 0 Å². The van der Waals surface area contributed by atoms with Gasteiger partial charge in [-0.1, -0.05) is 48.5 Å². The van der Waals surface area contributed by atoms with Crippen LogP contribution < -0.4 is 0 Å². The highest BCUT2D eigenvalue weighted by Crippen LogP contribution is 2.32. The highest BCUT2D eigenvalue weighted by atomic mass is 16.4. The Hall–Kier alpha value is -3.24. The molecule has 0 unspecified atom stereocenters. The predicted octanol–water partition coefficient (Wildman–Crippen LogP) is 4.35. The number of fused-ring (bicyclic) bond motifs is 2. The van der Waals surface area contributed by atoms with Crippen molar-refractivity contribution in [2.75, 3.05) is 0 Å². The molecule has 0 atom stereocenters. The van der Waals surface area contributed by atoms with Gasteiger partial charge in [-0.25, -0.2) is 0 Å². The number of rotatable bonds is 0. The molecule has 0 heterocycles. The fourth-order valence-corrected chi connectivity index (χ4v) is 2.46. The van der Waals surface area contributed by atoms with Crippen molar-refractivity contribution < 1.29 is 0 Å². The van der Waals surface area contributed by atoms with E-state index in [-0.39, 0.29) is 0 Å². The van der Waals surface area contributed by atoms with Crippen LogP contribution in [0.25, 0.3) is 31.6 Å². The first-order valence-electron chi connectivity index (χ1n) is 5.97. The van der Waals surface area contributed by atoms with E-state index in [4.69, 9.17) is 0 Å². The summed E-state index contributed by atoms with van der Waals surface area (Å²) < 4.78 is 0. The van der Waals surface area contributed by atoms with Gasteiger partial charge in [0.25, 0.3) is 0 Å². The Balaban J connectivity index is 2.66. The Morgan fingerprint density at radius 3 is 1.15 bits per heavy atom. The zero-order valence-corrected chi connectivity index (χ0v) is 10.3. The number of hydrogen-bond donors (Lipinski definition) is 0. The minimum Gasteiger partial charge on any atom is -0.498 e. The first-order valence-corrected chi connectivity index (χ1v) is 5.97. The molecule has 0 aliphatic carbocycles. The fourth-order valence-electron chi connectivity index (χ4n) is 2.46. The van der Waals surface area contributed by atoms with Gasteiger partial charge in [-0.2, -0.15) is 0 Å². The van der Waals surface area contributed by atoms with Crippen molar-refractivity contribution in [3.8, 4) is 12.1 Å². The van der Waals surface area contributed by atoms with E-state index in [0.717, 1.165) is 21.5 Å². The Labute approximate surface area is 114 Å². The van der Waals surface area contributed by atoms with E-state index < -0.39 is 0 Å². The summed E-state index contributed by atoms with van der Waals surface area (Å²) in [5.41, 5.74) is 1.23. The molecule has 20 heavy (non-hydrogen) atoms. The standard InChI is InChI=1S/C16H8N2O2/c19-17-9-15-11-5-1-2-6-12(11)16(10-18-20)14-8-4-3-7-13(14)15/h1-8H. The normalized spacial score (nSPS) is 9.60. The topological polar surface area (TPSA) is 54.8 Å². The Kier molecular flexibility index (Phi) is 2.84. The van der Waals surface area contributed by atoms with E-state index in [1.54, 1.807) is 0 Å². The average molecular weight is 260 g/mol. The van der Waals surface area contributed by atoms with Gasteiger partial charge < -0.3 is 10.4 Å². The largest absolute Gasteiger partial charge is 0.498 e. The van der Waals surface area contributed by atoms with Crippen LogP contribution in [-0.4, -0.2) is 0 Å². The maximum atomic E-state index is 10.6. The molecule has 0 saturated heterocycles. The van der Waals surface area contributed by atoms with Gasteiger partial charge in [0.1, 0.15) is 11.1 Å². The molecule has 0 amide bonds. The van der Waals surface area contributed by atoms with Crippen molar-refractivity contribution >= 4 is 21.5 Å². The van der Waals surface area contributed by atoms with Gasteiger partial charge in [-0.05, 0) is 0 Å². The molecule has 0 spiro atoms. The third-order valence-electron chi connectivity index (χ3n) is 3.25. The summed E-state index contributed by atoms with van der Waals surface area (Å²) in [5.74, 6) is 0. The maximum absolute atomic E-state index is 10.6. The van der Waals surface area contributed by atoms with Crippen molar-refractivity contribution in [2.45, 2.75) is 0 Å². The van der Waals surface area contributed by atoms with Crippen molar-refractivity contribution in [3.05, 3.63) is 80.1 Å². The van der Waals surface area contributed by atoms with Gasteiger partial charge in [-0.15, -0.1) is 0 Å². The molecule has 4 heteroatoms. The summed E-state index contributed by atoms with van der Waals surface area (Å²) in [5, 5.41) is 30.0. The molecule has 4 nitrogen and oxygen atoms in total. The quantitative estimate of drug-likeness (QED) is 0.445. The zero-order chi connectivity index (χ0) is 13.9. The molecule has 0 N–H and O–H groups in total. The molecule has 0 saturated carbocycles. The lowest BCUT2D eigenvalue weighted by molar-refractivity contribution is 1.70. The maximum Gasteiger partial charge on any atom is 0.337 e. The first-order chi connectivity index (χ1) is 9.86.